The van der Waals surface area contributed by atoms with Crippen molar-refractivity contribution in [2.24, 2.45) is 5.92 Å². The molecule has 1 saturated carbocycles. The largest absolute Gasteiger partial charge is 0.333 e. The first-order valence-corrected chi connectivity index (χ1v) is 12.4. The van der Waals surface area contributed by atoms with E-state index in [9.17, 15) is 9.59 Å². The molecule has 1 N–H and O–H groups in total. The maximum atomic E-state index is 13.1. The summed E-state index contributed by atoms with van der Waals surface area (Å²) >= 11 is 0. The smallest absolute Gasteiger partial charge is 0.245 e. The molecule has 0 aliphatic heterocycles. The topological polar surface area (TPSA) is 67.2 Å². The van der Waals surface area contributed by atoms with Crippen LogP contribution in [0, 0.1) is 19.8 Å². The van der Waals surface area contributed by atoms with Crippen LogP contribution < -0.4 is 5.32 Å². The molecule has 180 valence electrons. The molecule has 0 saturated heterocycles. The summed E-state index contributed by atoms with van der Waals surface area (Å²) in [6, 6.07) is 8.16. The second-order valence-corrected chi connectivity index (χ2v) is 10.5. The van der Waals surface area contributed by atoms with Gasteiger partial charge in [-0.15, -0.1) is 0 Å². The van der Waals surface area contributed by atoms with Crippen LogP contribution in [0.3, 0.4) is 0 Å². The molecule has 33 heavy (non-hydrogen) atoms. The molecule has 2 aromatic rings. The van der Waals surface area contributed by atoms with E-state index in [0.29, 0.717) is 12.4 Å². The number of hydrogen-bond donors (Lipinski definition) is 1. The Kier molecular flexibility index (Phi) is 7.98. The number of unbranched alkanes of at least 4 members (excludes halogenated alkanes) is 1. The molecule has 0 unspecified atom stereocenters. The second-order valence-electron chi connectivity index (χ2n) is 10.5. The van der Waals surface area contributed by atoms with E-state index < -0.39 is 0 Å². The fourth-order valence-electron chi connectivity index (χ4n) is 4.47. The monoisotopic (exact) mass is 452 g/mol. The Morgan fingerprint density at radius 3 is 2.45 bits per heavy atom. The van der Waals surface area contributed by atoms with Gasteiger partial charge in [-0.2, -0.15) is 5.10 Å². The Bertz CT molecular complexity index is 980. The lowest BCUT2D eigenvalue weighted by Crippen LogP contribution is -2.41. The molecule has 3 rings (SSSR count). The third-order valence-electron chi connectivity index (χ3n) is 6.46. The molecular formula is C27H40N4O2. The number of nitrogens with one attached hydrogen (secondary N) is 1. The molecule has 1 fully saturated rings. The van der Waals surface area contributed by atoms with Crippen LogP contribution >= 0.6 is 0 Å². The number of aryl methyl sites for hydroxylation is 2. The lowest BCUT2D eigenvalue weighted by Gasteiger charge is -2.25. The van der Waals surface area contributed by atoms with Crippen LogP contribution in [0.4, 0.5) is 5.82 Å². The van der Waals surface area contributed by atoms with Gasteiger partial charge in [0.05, 0.1) is 17.9 Å². The zero-order valence-corrected chi connectivity index (χ0v) is 21.2. The van der Waals surface area contributed by atoms with Crippen LogP contribution in [0.25, 0.3) is 5.69 Å². The van der Waals surface area contributed by atoms with Crippen molar-refractivity contribution in [1.29, 1.82) is 0 Å². The van der Waals surface area contributed by atoms with Crippen LogP contribution in [0.5, 0.6) is 0 Å². The molecule has 2 amide bonds. The quantitative estimate of drug-likeness (QED) is 0.571. The van der Waals surface area contributed by atoms with Crippen molar-refractivity contribution in [1.82, 2.24) is 14.7 Å². The van der Waals surface area contributed by atoms with E-state index in [4.69, 9.17) is 5.10 Å². The summed E-state index contributed by atoms with van der Waals surface area (Å²) in [5.74, 6) is 0.668. The number of amides is 2. The van der Waals surface area contributed by atoms with Crippen molar-refractivity contribution in [2.75, 3.05) is 18.4 Å². The van der Waals surface area contributed by atoms with E-state index >= 15 is 0 Å². The average Bonchev–Trinajstić information content (AvgIpc) is 3.41. The number of carbonyl (C=O) groups is 2. The van der Waals surface area contributed by atoms with E-state index in [1.54, 1.807) is 4.90 Å². The van der Waals surface area contributed by atoms with E-state index in [-0.39, 0.29) is 29.7 Å². The summed E-state index contributed by atoms with van der Waals surface area (Å²) in [7, 11) is 0. The minimum Gasteiger partial charge on any atom is -0.333 e. The lowest BCUT2D eigenvalue weighted by molar-refractivity contribution is -0.138. The number of hydrogen-bond acceptors (Lipinski definition) is 3. The Hall–Kier alpha value is -2.63. The van der Waals surface area contributed by atoms with Crippen LogP contribution in [0.1, 0.15) is 83.0 Å². The summed E-state index contributed by atoms with van der Waals surface area (Å²) in [6.07, 6.45) is 5.99. The first-order valence-electron chi connectivity index (χ1n) is 12.4. The molecule has 1 aliphatic carbocycles. The molecular weight excluding hydrogens is 412 g/mol. The molecule has 6 nitrogen and oxygen atoms in total. The Balaban J connectivity index is 1.84. The predicted molar refractivity (Wildman–Crippen MR) is 134 cm³/mol. The van der Waals surface area contributed by atoms with Gasteiger partial charge >= 0.3 is 0 Å². The van der Waals surface area contributed by atoms with Gasteiger partial charge in [0, 0.05) is 23.9 Å². The van der Waals surface area contributed by atoms with E-state index in [1.165, 1.54) is 5.56 Å². The zero-order chi connectivity index (χ0) is 24.2. The third-order valence-corrected chi connectivity index (χ3v) is 6.46. The molecule has 1 aliphatic rings. The van der Waals surface area contributed by atoms with Crippen LogP contribution in [-0.4, -0.2) is 39.6 Å². The highest BCUT2D eigenvalue weighted by molar-refractivity contribution is 5.94. The molecule has 1 heterocycles. The van der Waals surface area contributed by atoms with Gasteiger partial charge in [-0.1, -0.05) is 64.7 Å². The molecule has 0 bridgehead atoms. The number of nitrogens with zero attached hydrogens (tertiary/aromatic N) is 3. The van der Waals surface area contributed by atoms with Gasteiger partial charge in [-0.25, -0.2) is 4.68 Å². The summed E-state index contributed by atoms with van der Waals surface area (Å²) in [6.45, 7) is 13.3. The van der Waals surface area contributed by atoms with Crippen molar-refractivity contribution < 1.29 is 9.59 Å². The zero-order valence-electron chi connectivity index (χ0n) is 21.2. The van der Waals surface area contributed by atoms with E-state index in [0.717, 1.165) is 55.5 Å². The van der Waals surface area contributed by atoms with Crippen LogP contribution in [0.15, 0.2) is 24.3 Å². The van der Waals surface area contributed by atoms with Gasteiger partial charge in [0.25, 0.3) is 0 Å². The highest BCUT2D eigenvalue weighted by atomic mass is 16.2. The third kappa shape index (κ3) is 6.24. The summed E-state index contributed by atoms with van der Waals surface area (Å²) in [5.41, 5.74) is 3.96. The van der Waals surface area contributed by atoms with Crippen molar-refractivity contribution >= 4 is 17.6 Å². The molecule has 0 spiro atoms. The summed E-state index contributed by atoms with van der Waals surface area (Å²) in [5, 5.41) is 7.91. The number of rotatable bonds is 8. The minimum atomic E-state index is -0.177. The minimum absolute atomic E-state index is 0.0721. The molecule has 0 atom stereocenters. The van der Waals surface area contributed by atoms with E-state index in [1.807, 2.05) is 16.8 Å². The van der Waals surface area contributed by atoms with Crippen molar-refractivity contribution in [3.05, 3.63) is 41.1 Å². The molecule has 6 heteroatoms. The number of benzene rings is 1. The van der Waals surface area contributed by atoms with Crippen molar-refractivity contribution in [2.45, 2.75) is 85.5 Å². The Morgan fingerprint density at radius 2 is 1.85 bits per heavy atom. The van der Waals surface area contributed by atoms with E-state index in [2.05, 4.69) is 59.0 Å². The maximum absolute atomic E-state index is 13.1. The highest BCUT2D eigenvalue weighted by Gasteiger charge is 2.29. The molecule has 0 radical (unpaired) electrons. The first kappa shape index (κ1) is 25.0. The lowest BCUT2D eigenvalue weighted by atomic mass is 9.92. The van der Waals surface area contributed by atoms with Gasteiger partial charge in [-0.05, 0) is 44.7 Å². The SMILES string of the molecule is CCCCN(CC(=O)Nc1cc(C(C)(C)C)nn1-c1ccc(C)cc1C)C(=O)C1CCCC1. The Morgan fingerprint density at radius 1 is 1.15 bits per heavy atom. The fourth-order valence-corrected chi connectivity index (χ4v) is 4.47. The van der Waals surface area contributed by atoms with Crippen molar-refractivity contribution in [3.8, 4) is 5.69 Å². The normalized spacial score (nSPS) is 14.5. The molecule has 1 aromatic heterocycles. The first-order chi connectivity index (χ1) is 15.6. The average molecular weight is 453 g/mol. The molecule has 1 aromatic carbocycles. The number of aromatic nitrogens is 2. The van der Waals surface area contributed by atoms with Crippen molar-refractivity contribution in [3.63, 3.8) is 0 Å². The van der Waals surface area contributed by atoms with Crippen LogP contribution in [-0.2, 0) is 15.0 Å². The summed E-state index contributed by atoms with van der Waals surface area (Å²) < 4.78 is 1.82. The van der Waals surface area contributed by atoms with Gasteiger partial charge in [0.2, 0.25) is 11.8 Å². The Labute approximate surface area is 198 Å². The number of anilines is 1. The van der Waals surface area contributed by atoms with Crippen LogP contribution in [0.2, 0.25) is 0 Å². The van der Waals surface area contributed by atoms with Gasteiger partial charge < -0.3 is 10.2 Å². The number of carbonyl (C=O) groups excluding carboxylic acids is 2. The highest BCUT2D eigenvalue weighted by Crippen LogP contribution is 2.29. The van der Waals surface area contributed by atoms with Gasteiger partial charge in [0.1, 0.15) is 5.82 Å². The predicted octanol–water partition coefficient (Wildman–Crippen LogP) is 5.54. The summed E-state index contributed by atoms with van der Waals surface area (Å²) in [4.78, 5) is 28.0. The van der Waals surface area contributed by atoms with Gasteiger partial charge in [0.15, 0.2) is 0 Å². The standard InChI is InChI=1S/C27H40N4O2/c1-7-8-15-30(26(33)21-11-9-10-12-21)18-25(32)28-24-17-23(27(4,5)6)29-31(24)22-14-13-19(2)16-20(22)3/h13-14,16-17,21H,7-12,15,18H2,1-6H3,(H,28,32). The maximum Gasteiger partial charge on any atom is 0.245 e. The second kappa shape index (κ2) is 10.5. The van der Waals surface area contributed by atoms with Gasteiger partial charge in [-0.3, -0.25) is 9.59 Å². The fraction of sp³-hybridized carbons (Fsp3) is 0.593.